The minimum absolute atomic E-state index is 0.0753. The quantitative estimate of drug-likeness (QED) is 0.859. The van der Waals surface area contributed by atoms with Crippen LogP contribution in [0.4, 0.5) is 6.01 Å². The van der Waals surface area contributed by atoms with Crippen LogP contribution >= 0.6 is 0 Å². The fourth-order valence-electron chi connectivity index (χ4n) is 2.43. The van der Waals surface area contributed by atoms with E-state index < -0.39 is 5.60 Å². The highest BCUT2D eigenvalue weighted by atomic mass is 16.4. The van der Waals surface area contributed by atoms with Gasteiger partial charge in [-0.3, -0.25) is 0 Å². The van der Waals surface area contributed by atoms with E-state index in [4.69, 9.17) is 4.42 Å². The van der Waals surface area contributed by atoms with Crippen molar-refractivity contribution in [1.29, 1.82) is 0 Å². The molecule has 1 aliphatic rings. The van der Waals surface area contributed by atoms with E-state index in [0.29, 0.717) is 11.9 Å². The van der Waals surface area contributed by atoms with Crippen molar-refractivity contribution in [3.05, 3.63) is 5.89 Å². The molecule has 0 spiro atoms. The normalized spacial score (nSPS) is 25.5. The second-order valence-corrected chi connectivity index (χ2v) is 5.94. The lowest BCUT2D eigenvalue weighted by Crippen LogP contribution is -2.28. The van der Waals surface area contributed by atoms with Crippen LogP contribution in [0, 0.1) is 0 Å². The van der Waals surface area contributed by atoms with Crippen LogP contribution in [0.25, 0.3) is 0 Å². The van der Waals surface area contributed by atoms with Crippen molar-refractivity contribution in [1.82, 2.24) is 15.5 Å². The van der Waals surface area contributed by atoms with E-state index in [1.165, 1.54) is 0 Å². The molecule has 0 bridgehead atoms. The van der Waals surface area contributed by atoms with Gasteiger partial charge < -0.3 is 19.7 Å². The first-order valence-electron chi connectivity index (χ1n) is 7.56. The van der Waals surface area contributed by atoms with Crippen LogP contribution in [0.1, 0.15) is 58.4 Å². The maximum absolute atomic E-state index is 10.1. The molecule has 6 heteroatoms. The van der Waals surface area contributed by atoms with Gasteiger partial charge in [-0.2, -0.15) is 0 Å². The van der Waals surface area contributed by atoms with E-state index in [1.54, 1.807) is 0 Å². The largest absolute Gasteiger partial charge is 0.406 e. The Bertz CT molecular complexity index is 419. The minimum Gasteiger partial charge on any atom is -0.406 e. The van der Waals surface area contributed by atoms with Crippen molar-refractivity contribution < 1.29 is 9.52 Å². The van der Waals surface area contributed by atoms with E-state index in [0.717, 1.165) is 45.3 Å². The number of aromatic nitrogens is 2. The van der Waals surface area contributed by atoms with Gasteiger partial charge in [0.2, 0.25) is 5.89 Å². The van der Waals surface area contributed by atoms with Crippen molar-refractivity contribution in [3.8, 4) is 0 Å². The summed E-state index contributed by atoms with van der Waals surface area (Å²) < 4.78 is 5.77. The zero-order chi connectivity index (χ0) is 14.6. The Labute approximate surface area is 120 Å². The van der Waals surface area contributed by atoms with Crippen molar-refractivity contribution in [3.63, 3.8) is 0 Å². The first kappa shape index (κ1) is 15.3. The second-order valence-electron chi connectivity index (χ2n) is 5.94. The average Bonchev–Trinajstić information content (AvgIpc) is 2.82. The molecule has 1 aliphatic heterocycles. The number of nitrogens with zero attached hydrogens (tertiary/aromatic N) is 3. The summed E-state index contributed by atoms with van der Waals surface area (Å²) >= 11 is 0. The molecule has 2 heterocycles. The summed E-state index contributed by atoms with van der Waals surface area (Å²) in [5.74, 6) is 0.629. The Morgan fingerprint density at radius 2 is 2.20 bits per heavy atom. The molecule has 0 radical (unpaired) electrons. The lowest BCUT2D eigenvalue weighted by Gasteiger charge is -2.21. The fraction of sp³-hybridized carbons (Fsp3) is 0.857. The molecule has 6 nitrogen and oxygen atoms in total. The van der Waals surface area contributed by atoms with Gasteiger partial charge in [-0.15, -0.1) is 5.10 Å². The third-order valence-corrected chi connectivity index (χ3v) is 3.84. The number of rotatable bonds is 5. The first-order chi connectivity index (χ1) is 9.52. The van der Waals surface area contributed by atoms with Gasteiger partial charge in [-0.1, -0.05) is 12.0 Å². The summed E-state index contributed by atoms with van der Waals surface area (Å²) in [6.07, 6.45) is 3.56. The summed E-state index contributed by atoms with van der Waals surface area (Å²) in [6, 6.07) is 0.647. The third kappa shape index (κ3) is 3.93. The zero-order valence-corrected chi connectivity index (χ0v) is 12.7. The summed E-state index contributed by atoms with van der Waals surface area (Å²) in [6.45, 7) is 8.60. The molecule has 0 saturated carbocycles. The Hall–Kier alpha value is -1.14. The van der Waals surface area contributed by atoms with Gasteiger partial charge in [-0.25, -0.2) is 0 Å². The van der Waals surface area contributed by atoms with Crippen molar-refractivity contribution in [2.75, 3.05) is 24.5 Å². The Morgan fingerprint density at radius 3 is 2.95 bits per heavy atom. The maximum Gasteiger partial charge on any atom is 0.318 e. The van der Waals surface area contributed by atoms with Crippen LogP contribution in [-0.2, 0) is 0 Å². The molecule has 2 rings (SSSR count). The SMILES string of the molecule is CCCNC(C)c1nnc(N2CCCC(C)(O)CC2)o1. The van der Waals surface area contributed by atoms with Gasteiger partial charge >= 0.3 is 6.01 Å². The number of aliphatic hydroxyl groups is 1. The number of anilines is 1. The molecular weight excluding hydrogens is 256 g/mol. The van der Waals surface area contributed by atoms with E-state index in [1.807, 2.05) is 13.8 Å². The Kier molecular flexibility index (Phi) is 4.99. The lowest BCUT2D eigenvalue weighted by atomic mass is 9.98. The van der Waals surface area contributed by atoms with Crippen LogP contribution in [0.3, 0.4) is 0 Å². The highest BCUT2D eigenvalue weighted by molar-refractivity contribution is 5.24. The van der Waals surface area contributed by atoms with Gasteiger partial charge in [0.25, 0.3) is 0 Å². The van der Waals surface area contributed by atoms with Crippen LogP contribution in [0.2, 0.25) is 0 Å². The molecule has 2 N–H and O–H groups in total. The molecule has 20 heavy (non-hydrogen) atoms. The van der Waals surface area contributed by atoms with E-state index >= 15 is 0 Å². The van der Waals surface area contributed by atoms with Crippen molar-refractivity contribution in [2.45, 2.75) is 58.1 Å². The Balaban J connectivity index is 1.97. The molecule has 0 aromatic carbocycles. The molecule has 0 amide bonds. The van der Waals surface area contributed by atoms with Crippen LogP contribution in [-0.4, -0.2) is 40.5 Å². The van der Waals surface area contributed by atoms with Gasteiger partial charge in [-0.05, 0) is 46.1 Å². The predicted molar refractivity (Wildman–Crippen MR) is 77.7 cm³/mol. The van der Waals surface area contributed by atoms with Gasteiger partial charge in [0.05, 0.1) is 11.6 Å². The van der Waals surface area contributed by atoms with Crippen LogP contribution < -0.4 is 10.2 Å². The monoisotopic (exact) mass is 282 g/mol. The topological polar surface area (TPSA) is 74.4 Å². The van der Waals surface area contributed by atoms with Gasteiger partial charge in [0, 0.05) is 13.1 Å². The highest BCUT2D eigenvalue weighted by Gasteiger charge is 2.27. The molecule has 0 aliphatic carbocycles. The summed E-state index contributed by atoms with van der Waals surface area (Å²) in [7, 11) is 0. The lowest BCUT2D eigenvalue weighted by molar-refractivity contribution is 0.0481. The van der Waals surface area contributed by atoms with E-state index in [9.17, 15) is 5.11 Å². The van der Waals surface area contributed by atoms with Crippen LogP contribution in [0.5, 0.6) is 0 Å². The molecule has 2 atom stereocenters. The minimum atomic E-state index is -0.576. The standard InChI is InChI=1S/C14H26N4O2/c1-4-8-15-11(2)12-16-17-13(20-12)18-9-5-6-14(3,19)7-10-18/h11,15,19H,4-10H2,1-3H3. The van der Waals surface area contributed by atoms with Gasteiger partial charge in [0.1, 0.15) is 0 Å². The summed E-state index contributed by atoms with van der Waals surface area (Å²) in [5.41, 5.74) is -0.576. The average molecular weight is 282 g/mol. The molecule has 114 valence electrons. The van der Waals surface area contributed by atoms with E-state index in [-0.39, 0.29) is 6.04 Å². The van der Waals surface area contributed by atoms with Crippen molar-refractivity contribution >= 4 is 6.01 Å². The Morgan fingerprint density at radius 1 is 1.40 bits per heavy atom. The molecule has 1 aromatic heterocycles. The first-order valence-corrected chi connectivity index (χ1v) is 7.56. The zero-order valence-electron chi connectivity index (χ0n) is 12.7. The number of hydrogen-bond acceptors (Lipinski definition) is 6. The van der Waals surface area contributed by atoms with Crippen LogP contribution in [0.15, 0.2) is 4.42 Å². The third-order valence-electron chi connectivity index (χ3n) is 3.84. The maximum atomic E-state index is 10.1. The van der Waals surface area contributed by atoms with E-state index in [2.05, 4.69) is 27.3 Å². The summed E-state index contributed by atoms with van der Waals surface area (Å²) in [5, 5.41) is 21.7. The number of nitrogens with one attached hydrogen (secondary N) is 1. The smallest absolute Gasteiger partial charge is 0.318 e. The molecular formula is C14H26N4O2. The van der Waals surface area contributed by atoms with Crippen molar-refractivity contribution in [2.24, 2.45) is 0 Å². The summed E-state index contributed by atoms with van der Waals surface area (Å²) in [4.78, 5) is 2.07. The number of hydrogen-bond donors (Lipinski definition) is 2. The highest BCUT2D eigenvalue weighted by Crippen LogP contribution is 2.25. The molecule has 1 fully saturated rings. The molecule has 1 saturated heterocycles. The fourth-order valence-corrected chi connectivity index (χ4v) is 2.43. The predicted octanol–water partition coefficient (Wildman–Crippen LogP) is 1.87. The second kappa shape index (κ2) is 6.54. The molecule has 2 unspecified atom stereocenters. The molecule has 1 aromatic rings. The van der Waals surface area contributed by atoms with Gasteiger partial charge in [0.15, 0.2) is 0 Å².